The Morgan fingerprint density at radius 1 is 1.22 bits per heavy atom. The summed E-state index contributed by atoms with van der Waals surface area (Å²) in [5, 5.41) is 4.47. The summed E-state index contributed by atoms with van der Waals surface area (Å²) < 4.78 is 13.4. The molecule has 0 aliphatic carbocycles. The van der Waals surface area contributed by atoms with E-state index in [0.29, 0.717) is 20.6 Å². The van der Waals surface area contributed by atoms with Gasteiger partial charge in [-0.2, -0.15) is 0 Å². The molecule has 0 aromatic heterocycles. The van der Waals surface area contributed by atoms with Gasteiger partial charge in [-0.25, -0.2) is 4.39 Å². The van der Waals surface area contributed by atoms with Crippen LogP contribution in [-0.4, -0.2) is 37.8 Å². The molecule has 0 unspecified atom stereocenters. The number of benzene rings is 1. The summed E-state index contributed by atoms with van der Waals surface area (Å²) in [5.74, 6) is 0. The van der Waals surface area contributed by atoms with Gasteiger partial charge in [-0.05, 0) is 17.7 Å². The molecule has 0 bridgehead atoms. The highest BCUT2D eigenvalue weighted by atomic mass is 35.5. The molecule has 0 spiro atoms. The molecule has 100 valence electrons. The van der Waals surface area contributed by atoms with Crippen LogP contribution in [0.5, 0.6) is 0 Å². The quantitative estimate of drug-likeness (QED) is 0.859. The minimum absolute atomic E-state index is 0.368. The molecule has 1 aliphatic heterocycles. The average molecular weight is 312 g/mol. The predicted molar refractivity (Wildman–Crippen MR) is 74.6 cm³/mol. The lowest BCUT2D eigenvalue weighted by Crippen LogP contribution is -2.45. The highest BCUT2D eigenvalue weighted by molar-refractivity contribution is 6.43. The average Bonchev–Trinajstić information content (AvgIpc) is 2.37. The summed E-state index contributed by atoms with van der Waals surface area (Å²) in [6.45, 7) is 2.77. The SMILES string of the molecule is FC[C@H](c1cc(Cl)cc(Cl)c1Cl)N1CCNCC1. The first-order chi connectivity index (χ1) is 8.63. The topological polar surface area (TPSA) is 15.3 Å². The highest BCUT2D eigenvalue weighted by Gasteiger charge is 2.25. The van der Waals surface area contributed by atoms with Crippen LogP contribution in [0.15, 0.2) is 12.1 Å². The second kappa shape index (κ2) is 6.40. The zero-order chi connectivity index (χ0) is 13.1. The molecule has 6 heteroatoms. The third-order valence-corrected chi connectivity index (χ3v) is 4.15. The van der Waals surface area contributed by atoms with Crippen molar-refractivity contribution in [3.63, 3.8) is 0 Å². The molecule has 1 aromatic carbocycles. The minimum Gasteiger partial charge on any atom is -0.314 e. The number of hydrogen-bond donors (Lipinski definition) is 1. The molecule has 1 aliphatic rings. The number of hydrogen-bond acceptors (Lipinski definition) is 2. The smallest absolute Gasteiger partial charge is 0.109 e. The van der Waals surface area contributed by atoms with Gasteiger partial charge in [0, 0.05) is 31.2 Å². The van der Waals surface area contributed by atoms with Crippen molar-refractivity contribution in [3.8, 4) is 0 Å². The van der Waals surface area contributed by atoms with E-state index in [-0.39, 0.29) is 6.04 Å². The van der Waals surface area contributed by atoms with Gasteiger partial charge in [0.2, 0.25) is 0 Å². The van der Waals surface area contributed by atoms with Crippen LogP contribution in [0.2, 0.25) is 15.1 Å². The molecule has 1 aromatic rings. The molecule has 2 rings (SSSR count). The van der Waals surface area contributed by atoms with Crippen molar-refractivity contribution >= 4 is 34.8 Å². The predicted octanol–water partition coefficient (Wildman–Crippen LogP) is 3.56. The lowest BCUT2D eigenvalue weighted by molar-refractivity contribution is 0.147. The van der Waals surface area contributed by atoms with Crippen molar-refractivity contribution in [1.29, 1.82) is 0 Å². The Morgan fingerprint density at radius 2 is 1.89 bits per heavy atom. The molecular weight excluding hydrogens is 298 g/mol. The van der Waals surface area contributed by atoms with Crippen molar-refractivity contribution in [3.05, 3.63) is 32.8 Å². The summed E-state index contributed by atoms with van der Waals surface area (Å²) >= 11 is 18.1. The molecule has 0 saturated carbocycles. The number of alkyl halides is 1. The molecular formula is C12H14Cl3FN2. The molecule has 2 nitrogen and oxygen atoms in total. The van der Waals surface area contributed by atoms with Crippen LogP contribution in [0.3, 0.4) is 0 Å². The van der Waals surface area contributed by atoms with E-state index < -0.39 is 6.67 Å². The molecule has 1 atom stereocenters. The third-order valence-electron chi connectivity index (χ3n) is 3.12. The molecule has 0 amide bonds. The van der Waals surface area contributed by atoms with Gasteiger partial charge in [-0.1, -0.05) is 34.8 Å². The third kappa shape index (κ3) is 3.09. The normalized spacial score (nSPS) is 18.9. The Kier molecular flexibility index (Phi) is 5.10. The molecule has 1 N–H and O–H groups in total. The maximum absolute atomic E-state index is 13.4. The number of halogens is 4. The van der Waals surface area contributed by atoms with E-state index in [0.717, 1.165) is 26.2 Å². The number of rotatable bonds is 3. The number of nitrogens with one attached hydrogen (secondary N) is 1. The Labute approximate surface area is 121 Å². The van der Waals surface area contributed by atoms with Gasteiger partial charge in [0.25, 0.3) is 0 Å². The van der Waals surface area contributed by atoms with E-state index >= 15 is 0 Å². The van der Waals surface area contributed by atoms with E-state index in [1.807, 2.05) is 0 Å². The zero-order valence-electron chi connectivity index (χ0n) is 9.73. The van der Waals surface area contributed by atoms with Gasteiger partial charge >= 0.3 is 0 Å². The minimum atomic E-state index is -0.504. The van der Waals surface area contributed by atoms with Gasteiger partial charge < -0.3 is 5.32 Å². The van der Waals surface area contributed by atoms with Crippen LogP contribution in [0.25, 0.3) is 0 Å². The first-order valence-electron chi connectivity index (χ1n) is 5.78. The van der Waals surface area contributed by atoms with E-state index in [9.17, 15) is 4.39 Å². The lowest BCUT2D eigenvalue weighted by atomic mass is 10.1. The fourth-order valence-electron chi connectivity index (χ4n) is 2.19. The lowest BCUT2D eigenvalue weighted by Gasteiger charge is -2.34. The largest absolute Gasteiger partial charge is 0.314 e. The van der Waals surface area contributed by atoms with Crippen molar-refractivity contribution < 1.29 is 4.39 Å². The van der Waals surface area contributed by atoms with E-state index in [2.05, 4.69) is 10.2 Å². The summed E-state index contributed by atoms with van der Waals surface area (Å²) in [4.78, 5) is 2.06. The van der Waals surface area contributed by atoms with Crippen LogP contribution in [0, 0.1) is 0 Å². The molecule has 18 heavy (non-hydrogen) atoms. The maximum atomic E-state index is 13.4. The van der Waals surface area contributed by atoms with Crippen LogP contribution >= 0.6 is 34.8 Å². The van der Waals surface area contributed by atoms with Crippen molar-refractivity contribution in [2.24, 2.45) is 0 Å². The Balaban J connectivity index is 2.31. The van der Waals surface area contributed by atoms with Gasteiger partial charge in [0.05, 0.1) is 16.1 Å². The van der Waals surface area contributed by atoms with Crippen molar-refractivity contribution in [2.45, 2.75) is 6.04 Å². The Bertz CT molecular complexity index is 422. The summed E-state index contributed by atoms with van der Waals surface area (Å²) in [7, 11) is 0. The van der Waals surface area contributed by atoms with Gasteiger partial charge in [-0.3, -0.25) is 4.90 Å². The second-order valence-corrected chi connectivity index (χ2v) is 5.47. The van der Waals surface area contributed by atoms with Gasteiger partial charge in [-0.15, -0.1) is 0 Å². The first-order valence-corrected chi connectivity index (χ1v) is 6.92. The fraction of sp³-hybridized carbons (Fsp3) is 0.500. The van der Waals surface area contributed by atoms with Crippen molar-refractivity contribution in [2.75, 3.05) is 32.9 Å². The summed E-state index contributed by atoms with van der Waals surface area (Å²) in [6, 6.07) is 2.89. The van der Waals surface area contributed by atoms with E-state index in [4.69, 9.17) is 34.8 Å². The van der Waals surface area contributed by atoms with E-state index in [1.165, 1.54) is 0 Å². The standard InChI is InChI=1S/C12H14Cl3FN2/c13-8-5-9(12(15)10(14)6-8)11(7-16)18-3-1-17-2-4-18/h5-6,11,17H,1-4,7H2/t11-/m1/s1. The number of nitrogens with zero attached hydrogens (tertiary/aromatic N) is 1. The van der Waals surface area contributed by atoms with Crippen LogP contribution in [0.1, 0.15) is 11.6 Å². The molecule has 1 fully saturated rings. The zero-order valence-corrected chi connectivity index (χ0v) is 12.0. The molecule has 0 radical (unpaired) electrons. The Morgan fingerprint density at radius 3 is 2.50 bits per heavy atom. The van der Waals surface area contributed by atoms with Crippen LogP contribution in [-0.2, 0) is 0 Å². The fourth-order valence-corrected chi connectivity index (χ4v) is 2.93. The first kappa shape index (κ1) is 14.4. The van der Waals surface area contributed by atoms with Crippen molar-refractivity contribution in [1.82, 2.24) is 10.2 Å². The van der Waals surface area contributed by atoms with Gasteiger partial charge in [0.15, 0.2) is 0 Å². The maximum Gasteiger partial charge on any atom is 0.109 e. The monoisotopic (exact) mass is 310 g/mol. The Hall–Kier alpha value is -0.0600. The van der Waals surface area contributed by atoms with Crippen LogP contribution in [0.4, 0.5) is 4.39 Å². The number of piperazine rings is 1. The highest BCUT2D eigenvalue weighted by Crippen LogP contribution is 2.36. The molecule has 1 saturated heterocycles. The van der Waals surface area contributed by atoms with E-state index in [1.54, 1.807) is 12.1 Å². The summed E-state index contributed by atoms with van der Waals surface area (Å²) in [5.41, 5.74) is 0.665. The molecule has 1 heterocycles. The van der Waals surface area contributed by atoms with Gasteiger partial charge in [0.1, 0.15) is 6.67 Å². The van der Waals surface area contributed by atoms with Crippen LogP contribution < -0.4 is 5.32 Å². The summed E-state index contributed by atoms with van der Waals surface area (Å²) in [6.07, 6.45) is 0. The second-order valence-electron chi connectivity index (χ2n) is 4.25.